The van der Waals surface area contributed by atoms with Gasteiger partial charge in [-0.25, -0.2) is 9.37 Å². The van der Waals surface area contributed by atoms with Crippen molar-refractivity contribution in [2.75, 3.05) is 39.6 Å². The number of fused-ring (bicyclic) bond motifs is 2. The third-order valence-electron chi connectivity index (χ3n) is 7.10. The first-order valence-corrected chi connectivity index (χ1v) is 13.6. The second-order valence-corrected chi connectivity index (χ2v) is 10.6. The Balaban J connectivity index is 1.89. The summed E-state index contributed by atoms with van der Waals surface area (Å²) in [4.78, 5) is 43.8. The van der Waals surface area contributed by atoms with Gasteiger partial charge in [0, 0.05) is 60.5 Å². The number of carbonyl (C=O) groups excluding carboxylic acids is 2. The Morgan fingerprint density at radius 2 is 1.74 bits per heavy atom. The highest BCUT2D eigenvalue weighted by atomic mass is 16.4. The van der Waals surface area contributed by atoms with E-state index < -0.39 is 23.8 Å². The lowest BCUT2D eigenvalue weighted by molar-refractivity contribution is -0.120. The summed E-state index contributed by atoms with van der Waals surface area (Å²) in [5.74, 6) is -1.98. The van der Waals surface area contributed by atoms with E-state index in [2.05, 4.69) is 10.3 Å². The zero-order valence-electron chi connectivity index (χ0n) is 24.5. The molecule has 0 bridgehead atoms. The number of amides is 2. The van der Waals surface area contributed by atoms with Crippen LogP contribution in [0.3, 0.4) is 0 Å². The molecule has 2 aliphatic rings. The number of anilines is 1. The number of nitrogens with one attached hydrogen (secondary N) is 1. The van der Waals surface area contributed by atoms with Crippen LogP contribution in [0.5, 0.6) is 0 Å². The summed E-state index contributed by atoms with van der Waals surface area (Å²) in [7, 11) is 7.66. The number of aromatic carboxylic acids is 1. The van der Waals surface area contributed by atoms with E-state index >= 15 is 0 Å². The Kier molecular flexibility index (Phi) is 8.98. The Morgan fingerprint density at radius 3 is 2.37 bits per heavy atom. The quantitative estimate of drug-likeness (QED) is 0.0608. The molecule has 0 radical (unpaired) electrons. The molecule has 1 heterocycles. The third-order valence-corrected chi connectivity index (χ3v) is 7.10. The normalized spacial score (nSPS) is 11.6. The molecule has 0 fully saturated rings. The highest BCUT2D eigenvalue weighted by molar-refractivity contribution is 6.09. The van der Waals surface area contributed by atoms with E-state index in [0.717, 1.165) is 11.0 Å². The molecule has 1 aliphatic heterocycles. The van der Waals surface area contributed by atoms with E-state index in [-0.39, 0.29) is 30.1 Å². The Labute approximate surface area is 248 Å². The van der Waals surface area contributed by atoms with Crippen LogP contribution in [-0.4, -0.2) is 69.6 Å². The highest BCUT2D eigenvalue weighted by Crippen LogP contribution is 2.42. The van der Waals surface area contributed by atoms with E-state index in [1.165, 1.54) is 18.2 Å². The summed E-state index contributed by atoms with van der Waals surface area (Å²) in [6, 6.07) is 14.7. The van der Waals surface area contributed by atoms with Gasteiger partial charge in [-0.1, -0.05) is 0 Å². The number of carboxylic acids is 1. The lowest BCUT2D eigenvalue weighted by Crippen LogP contribution is -2.44. The van der Waals surface area contributed by atoms with Gasteiger partial charge in [-0.15, -0.1) is 0 Å². The number of carbonyl (C=O) groups is 3. The third kappa shape index (κ3) is 6.75. The van der Waals surface area contributed by atoms with Gasteiger partial charge in [0.1, 0.15) is 31.5 Å². The van der Waals surface area contributed by atoms with Crippen molar-refractivity contribution in [1.82, 2.24) is 9.89 Å². The molecule has 8 N–H and O–H groups in total. The van der Waals surface area contributed by atoms with Crippen molar-refractivity contribution < 1.29 is 23.9 Å². The predicted molar refractivity (Wildman–Crippen MR) is 167 cm³/mol. The number of nitrogens with zero attached hydrogens (tertiary/aromatic N) is 3. The number of guanidine groups is 1. The molecular formula is C31H36N7O5+. The van der Waals surface area contributed by atoms with Gasteiger partial charge < -0.3 is 36.9 Å². The molecule has 43 heavy (non-hydrogen) atoms. The molecule has 2 aromatic carbocycles. The molecule has 1 atom stereocenters. The number of nitrogens with two attached hydrogens (primary N) is 3. The smallest absolute Gasteiger partial charge is 0.336 e. The van der Waals surface area contributed by atoms with E-state index in [1.807, 2.05) is 74.1 Å². The summed E-state index contributed by atoms with van der Waals surface area (Å²) in [5, 5.41) is 14.4. The molecule has 224 valence electrons. The number of rotatable bonds is 10. The van der Waals surface area contributed by atoms with Crippen LogP contribution in [0, 0.1) is 0 Å². The van der Waals surface area contributed by atoms with E-state index in [1.54, 1.807) is 0 Å². The fourth-order valence-electron chi connectivity index (χ4n) is 4.82. The number of benzene rings is 3. The first-order valence-electron chi connectivity index (χ1n) is 13.6. The molecule has 12 heteroatoms. The van der Waals surface area contributed by atoms with Crippen LogP contribution in [-0.2, 0) is 4.79 Å². The molecule has 4 rings (SSSR count). The van der Waals surface area contributed by atoms with Gasteiger partial charge in [-0.3, -0.25) is 14.6 Å². The van der Waals surface area contributed by atoms with Gasteiger partial charge in [0.25, 0.3) is 5.91 Å². The number of aliphatic imine (C=N–C) groups is 1. The molecule has 0 saturated carbocycles. The fraction of sp³-hybridized carbons (Fsp3) is 0.258. The van der Waals surface area contributed by atoms with Crippen LogP contribution in [0.1, 0.15) is 33.6 Å². The Morgan fingerprint density at radius 1 is 1.00 bits per heavy atom. The highest BCUT2D eigenvalue weighted by Gasteiger charge is 2.25. The number of hydrogen-bond acceptors (Lipinski definition) is 6. The number of hydrogen-bond donors (Lipinski definition) is 5. The van der Waals surface area contributed by atoms with Gasteiger partial charge in [-0.2, -0.15) is 0 Å². The second-order valence-electron chi connectivity index (χ2n) is 10.6. The lowest BCUT2D eigenvalue weighted by Gasteiger charge is -2.20. The molecule has 12 nitrogen and oxygen atoms in total. The first-order chi connectivity index (χ1) is 20.4. The standard InChI is InChI=1S/C31H35N7O5/c1-37(2)18-8-11-21-25(15-18)43-26-16-19(38(3)4)9-12-22(26)27(21)23-14-17(7-10-20(23)30(41)42)29(40)36-24(28(32)39)6-5-13-35-31(33)34/h7-12,14-16,24H,5-6,13H2,1-4H3,(H7-,32,33,34,35,36,39,40,41,42)/p+1. The minimum Gasteiger partial charge on any atom is -0.478 e. The number of carboxylic acid groups (broad SMARTS) is 1. The zero-order chi connectivity index (χ0) is 31.4. The van der Waals surface area contributed by atoms with Crippen LogP contribution in [0.4, 0.5) is 5.69 Å². The summed E-state index contributed by atoms with van der Waals surface area (Å²) in [6.07, 6.45) is 0.625. The molecule has 0 aromatic heterocycles. The fourth-order valence-corrected chi connectivity index (χ4v) is 4.82. The maximum atomic E-state index is 13.4. The van der Waals surface area contributed by atoms with E-state index in [4.69, 9.17) is 21.6 Å². The average Bonchev–Trinajstić information content (AvgIpc) is 2.95. The SMILES string of the molecule is CN(C)c1ccc2c(-c3cc(C(=O)NC(CCCN=C(N)N)C(N)=O)ccc3C(=O)O)c3ccc(=[N+](C)C)cc-3oc2c1. The van der Waals surface area contributed by atoms with Gasteiger partial charge in [0.05, 0.1) is 11.6 Å². The molecule has 1 aliphatic carbocycles. The minimum absolute atomic E-state index is 0.00223. The summed E-state index contributed by atoms with van der Waals surface area (Å²) >= 11 is 0. The molecule has 2 amide bonds. The largest absolute Gasteiger partial charge is 0.478 e. The molecule has 0 spiro atoms. The number of primary amides is 1. The van der Waals surface area contributed by atoms with Gasteiger partial charge in [-0.05, 0) is 54.8 Å². The Hall–Kier alpha value is -5.39. The molecular weight excluding hydrogens is 550 g/mol. The second kappa shape index (κ2) is 12.6. The van der Waals surface area contributed by atoms with Crippen LogP contribution >= 0.6 is 0 Å². The van der Waals surface area contributed by atoms with Crippen molar-refractivity contribution in [3.8, 4) is 22.5 Å². The monoisotopic (exact) mass is 586 g/mol. The van der Waals surface area contributed by atoms with Crippen molar-refractivity contribution in [2.45, 2.75) is 18.9 Å². The van der Waals surface area contributed by atoms with Crippen molar-refractivity contribution in [3.63, 3.8) is 0 Å². The van der Waals surface area contributed by atoms with Crippen molar-refractivity contribution in [3.05, 3.63) is 71.1 Å². The van der Waals surface area contributed by atoms with E-state index in [0.29, 0.717) is 39.8 Å². The average molecular weight is 587 g/mol. The van der Waals surface area contributed by atoms with Crippen LogP contribution in [0.15, 0.2) is 64.0 Å². The summed E-state index contributed by atoms with van der Waals surface area (Å²) < 4.78 is 8.29. The lowest BCUT2D eigenvalue weighted by atomic mass is 9.89. The van der Waals surface area contributed by atoms with Gasteiger partial charge in [0.15, 0.2) is 5.96 Å². The van der Waals surface area contributed by atoms with Crippen molar-refractivity contribution in [1.29, 1.82) is 0 Å². The van der Waals surface area contributed by atoms with Crippen LogP contribution in [0.2, 0.25) is 0 Å². The molecule has 2 aromatic rings. The van der Waals surface area contributed by atoms with Crippen molar-refractivity contribution >= 4 is 40.4 Å². The zero-order valence-corrected chi connectivity index (χ0v) is 24.5. The minimum atomic E-state index is -1.16. The maximum absolute atomic E-state index is 13.4. The van der Waals surface area contributed by atoms with Crippen LogP contribution < -0.4 is 37.4 Å². The van der Waals surface area contributed by atoms with Crippen molar-refractivity contribution in [2.24, 2.45) is 22.2 Å². The maximum Gasteiger partial charge on any atom is 0.336 e. The molecule has 1 unspecified atom stereocenters. The van der Waals surface area contributed by atoms with Gasteiger partial charge >= 0.3 is 5.97 Å². The topological polar surface area (TPSA) is 193 Å². The summed E-state index contributed by atoms with van der Waals surface area (Å²) in [6.45, 7) is 0.268. The van der Waals surface area contributed by atoms with Crippen LogP contribution in [0.25, 0.3) is 33.4 Å². The van der Waals surface area contributed by atoms with E-state index in [9.17, 15) is 19.5 Å². The predicted octanol–water partition coefficient (Wildman–Crippen LogP) is 1.64. The van der Waals surface area contributed by atoms with Gasteiger partial charge in [0.2, 0.25) is 11.3 Å². The molecule has 0 saturated heterocycles. The Bertz CT molecular complexity index is 1780. The summed E-state index contributed by atoms with van der Waals surface area (Å²) in [5.41, 5.74) is 19.4. The first kappa shape index (κ1) is 30.6.